The van der Waals surface area contributed by atoms with Gasteiger partial charge in [0.2, 0.25) is 0 Å². The lowest BCUT2D eigenvalue weighted by Gasteiger charge is -2.18. The van der Waals surface area contributed by atoms with Crippen molar-refractivity contribution in [3.8, 4) is 5.75 Å². The molecule has 1 unspecified atom stereocenters. The lowest BCUT2D eigenvalue weighted by Crippen LogP contribution is -2.32. The van der Waals surface area contributed by atoms with Gasteiger partial charge < -0.3 is 10.1 Å². The fourth-order valence-corrected chi connectivity index (χ4v) is 2.32. The van der Waals surface area contributed by atoms with Crippen molar-refractivity contribution in [2.75, 3.05) is 6.61 Å². The SMILES string of the molecule is CCC(NC(=O)COc1ccccc1C)c1ccc(C)cc1. The van der Waals surface area contributed by atoms with Crippen molar-refractivity contribution in [1.82, 2.24) is 5.32 Å². The number of benzene rings is 2. The lowest BCUT2D eigenvalue weighted by atomic mass is 10.0. The number of hydrogen-bond donors (Lipinski definition) is 1. The zero-order valence-corrected chi connectivity index (χ0v) is 13.4. The molecule has 0 spiro atoms. The Bertz CT molecular complexity index is 620. The number of carbonyl (C=O) groups excluding carboxylic acids is 1. The molecule has 2 aromatic rings. The van der Waals surface area contributed by atoms with Gasteiger partial charge in [-0.25, -0.2) is 0 Å². The average Bonchev–Trinajstić information content (AvgIpc) is 2.53. The van der Waals surface area contributed by atoms with E-state index in [9.17, 15) is 4.79 Å². The molecule has 22 heavy (non-hydrogen) atoms. The molecule has 0 saturated carbocycles. The fourth-order valence-electron chi connectivity index (χ4n) is 2.32. The molecule has 0 aliphatic carbocycles. The normalized spacial score (nSPS) is 11.8. The molecule has 0 bridgehead atoms. The smallest absolute Gasteiger partial charge is 0.258 e. The molecule has 1 atom stereocenters. The summed E-state index contributed by atoms with van der Waals surface area (Å²) in [5, 5.41) is 3.03. The molecule has 0 aliphatic heterocycles. The van der Waals surface area contributed by atoms with Gasteiger partial charge in [-0.2, -0.15) is 0 Å². The van der Waals surface area contributed by atoms with Crippen LogP contribution < -0.4 is 10.1 Å². The summed E-state index contributed by atoms with van der Waals surface area (Å²) in [5.74, 6) is 0.650. The Morgan fingerprint density at radius 2 is 1.77 bits per heavy atom. The highest BCUT2D eigenvalue weighted by molar-refractivity contribution is 5.78. The van der Waals surface area contributed by atoms with E-state index < -0.39 is 0 Å². The van der Waals surface area contributed by atoms with Crippen LogP contribution in [0.15, 0.2) is 48.5 Å². The van der Waals surface area contributed by atoms with Gasteiger partial charge in [0.05, 0.1) is 6.04 Å². The Hall–Kier alpha value is -2.29. The number of amides is 1. The second-order valence-electron chi connectivity index (χ2n) is 5.49. The zero-order valence-electron chi connectivity index (χ0n) is 13.4. The molecule has 0 radical (unpaired) electrons. The van der Waals surface area contributed by atoms with Crippen LogP contribution in [-0.4, -0.2) is 12.5 Å². The van der Waals surface area contributed by atoms with Crippen LogP contribution in [0.25, 0.3) is 0 Å². The lowest BCUT2D eigenvalue weighted by molar-refractivity contribution is -0.123. The van der Waals surface area contributed by atoms with Gasteiger partial charge in [0.25, 0.3) is 5.91 Å². The van der Waals surface area contributed by atoms with Gasteiger partial charge in [-0.1, -0.05) is 55.0 Å². The first kappa shape index (κ1) is 16.1. The largest absolute Gasteiger partial charge is 0.484 e. The molecule has 2 rings (SSSR count). The summed E-state index contributed by atoms with van der Waals surface area (Å²) in [5.41, 5.74) is 3.37. The molecule has 0 aromatic heterocycles. The van der Waals surface area contributed by atoms with Gasteiger partial charge in [0.15, 0.2) is 6.61 Å². The van der Waals surface area contributed by atoms with Gasteiger partial charge in [0, 0.05) is 0 Å². The van der Waals surface area contributed by atoms with E-state index in [1.807, 2.05) is 31.2 Å². The van der Waals surface area contributed by atoms with E-state index in [-0.39, 0.29) is 18.6 Å². The van der Waals surface area contributed by atoms with Crippen molar-refractivity contribution >= 4 is 5.91 Å². The summed E-state index contributed by atoms with van der Waals surface area (Å²) < 4.78 is 5.59. The molecule has 0 saturated heterocycles. The maximum atomic E-state index is 12.1. The second-order valence-corrected chi connectivity index (χ2v) is 5.49. The molecule has 1 N–H and O–H groups in total. The van der Waals surface area contributed by atoms with Crippen LogP contribution in [0.2, 0.25) is 0 Å². The third-order valence-electron chi connectivity index (χ3n) is 3.68. The van der Waals surface area contributed by atoms with Crippen LogP contribution in [0, 0.1) is 13.8 Å². The number of rotatable bonds is 6. The number of aryl methyl sites for hydroxylation is 2. The summed E-state index contributed by atoms with van der Waals surface area (Å²) >= 11 is 0. The Balaban J connectivity index is 1.92. The summed E-state index contributed by atoms with van der Waals surface area (Å²) in [6.07, 6.45) is 0.846. The standard InChI is InChI=1S/C19H23NO2/c1-4-17(16-11-9-14(2)10-12-16)20-19(21)13-22-18-8-6-5-7-15(18)3/h5-12,17H,4,13H2,1-3H3,(H,20,21). The van der Waals surface area contributed by atoms with Crippen molar-refractivity contribution < 1.29 is 9.53 Å². The van der Waals surface area contributed by atoms with E-state index in [0.29, 0.717) is 0 Å². The van der Waals surface area contributed by atoms with Gasteiger partial charge in [-0.05, 0) is 37.5 Å². The van der Waals surface area contributed by atoms with E-state index in [2.05, 4.69) is 43.4 Å². The molecular weight excluding hydrogens is 274 g/mol. The number of carbonyl (C=O) groups is 1. The average molecular weight is 297 g/mol. The van der Waals surface area contributed by atoms with Crippen LogP contribution in [0.5, 0.6) is 5.75 Å². The monoisotopic (exact) mass is 297 g/mol. The van der Waals surface area contributed by atoms with Crippen LogP contribution >= 0.6 is 0 Å². The topological polar surface area (TPSA) is 38.3 Å². The minimum atomic E-state index is -0.101. The quantitative estimate of drug-likeness (QED) is 0.876. The molecule has 116 valence electrons. The fraction of sp³-hybridized carbons (Fsp3) is 0.316. The summed E-state index contributed by atoms with van der Waals surface area (Å²) in [4.78, 5) is 12.1. The van der Waals surface area contributed by atoms with E-state index in [1.54, 1.807) is 0 Å². The van der Waals surface area contributed by atoms with Crippen LogP contribution in [0.4, 0.5) is 0 Å². The van der Waals surface area contributed by atoms with Crippen LogP contribution in [0.3, 0.4) is 0 Å². The third-order valence-corrected chi connectivity index (χ3v) is 3.68. The minimum absolute atomic E-state index is 0.0218. The first-order valence-corrected chi connectivity index (χ1v) is 7.64. The summed E-state index contributed by atoms with van der Waals surface area (Å²) in [6.45, 7) is 6.12. The highest BCUT2D eigenvalue weighted by Gasteiger charge is 2.13. The Morgan fingerprint density at radius 1 is 1.09 bits per heavy atom. The van der Waals surface area contributed by atoms with Crippen LogP contribution in [0.1, 0.15) is 36.1 Å². The van der Waals surface area contributed by atoms with Gasteiger partial charge in [-0.15, -0.1) is 0 Å². The summed E-state index contributed by atoms with van der Waals surface area (Å²) in [6, 6.07) is 16.0. The van der Waals surface area contributed by atoms with Crippen molar-refractivity contribution in [2.45, 2.75) is 33.2 Å². The van der Waals surface area contributed by atoms with Crippen molar-refractivity contribution in [2.24, 2.45) is 0 Å². The second kappa shape index (κ2) is 7.64. The Kier molecular flexibility index (Phi) is 5.59. The molecule has 2 aromatic carbocycles. The van der Waals surface area contributed by atoms with Gasteiger partial charge in [0.1, 0.15) is 5.75 Å². The maximum absolute atomic E-state index is 12.1. The molecule has 1 amide bonds. The predicted octanol–water partition coefficient (Wildman–Crippen LogP) is 3.95. The van der Waals surface area contributed by atoms with E-state index in [1.165, 1.54) is 5.56 Å². The van der Waals surface area contributed by atoms with Crippen molar-refractivity contribution in [1.29, 1.82) is 0 Å². The zero-order chi connectivity index (χ0) is 15.9. The van der Waals surface area contributed by atoms with Crippen molar-refractivity contribution in [3.05, 3.63) is 65.2 Å². The van der Waals surface area contributed by atoms with Gasteiger partial charge in [-0.3, -0.25) is 4.79 Å². The molecule has 0 heterocycles. The first-order valence-electron chi connectivity index (χ1n) is 7.64. The molecule has 3 nitrogen and oxygen atoms in total. The molecule has 0 aliphatic rings. The van der Waals surface area contributed by atoms with Crippen molar-refractivity contribution in [3.63, 3.8) is 0 Å². The van der Waals surface area contributed by atoms with Crippen LogP contribution in [-0.2, 0) is 4.79 Å². The molecule has 3 heteroatoms. The number of nitrogens with one attached hydrogen (secondary N) is 1. The number of para-hydroxylation sites is 1. The highest BCUT2D eigenvalue weighted by atomic mass is 16.5. The predicted molar refractivity (Wildman–Crippen MR) is 89.0 cm³/mol. The van der Waals surface area contributed by atoms with Gasteiger partial charge >= 0.3 is 0 Å². The number of ether oxygens (including phenoxy) is 1. The number of hydrogen-bond acceptors (Lipinski definition) is 2. The highest BCUT2D eigenvalue weighted by Crippen LogP contribution is 2.18. The maximum Gasteiger partial charge on any atom is 0.258 e. The summed E-state index contributed by atoms with van der Waals surface area (Å²) in [7, 11) is 0. The first-order chi connectivity index (χ1) is 10.6. The Morgan fingerprint density at radius 3 is 2.41 bits per heavy atom. The Labute approximate surface area is 132 Å². The minimum Gasteiger partial charge on any atom is -0.484 e. The van der Waals surface area contributed by atoms with E-state index in [0.717, 1.165) is 23.3 Å². The van der Waals surface area contributed by atoms with E-state index in [4.69, 9.17) is 4.74 Å². The van der Waals surface area contributed by atoms with E-state index >= 15 is 0 Å². The molecule has 0 fully saturated rings. The third kappa shape index (κ3) is 4.35. The molecular formula is C19H23NO2.